The van der Waals surface area contributed by atoms with Gasteiger partial charge in [0.25, 0.3) is 0 Å². The van der Waals surface area contributed by atoms with Gasteiger partial charge in [-0.3, -0.25) is 0 Å². The summed E-state index contributed by atoms with van der Waals surface area (Å²) in [5, 5.41) is 11.2. The van der Waals surface area contributed by atoms with Crippen LogP contribution in [-0.2, 0) is 10.9 Å². The maximum atomic E-state index is 12.6. The number of pyridine rings is 1. The summed E-state index contributed by atoms with van der Waals surface area (Å²) in [6.45, 7) is -0.0713. The Morgan fingerprint density at radius 3 is 2.84 bits per heavy atom. The van der Waals surface area contributed by atoms with Crippen LogP contribution in [0.4, 0.5) is 19.0 Å². The Hall–Kier alpha value is -2.73. The van der Waals surface area contributed by atoms with E-state index in [1.54, 1.807) is 0 Å². The van der Waals surface area contributed by atoms with Crippen LogP contribution in [0.3, 0.4) is 0 Å². The van der Waals surface area contributed by atoms with E-state index in [0.29, 0.717) is 6.20 Å². The van der Waals surface area contributed by atoms with E-state index in [0.717, 1.165) is 6.07 Å². The van der Waals surface area contributed by atoms with Gasteiger partial charge in [0.15, 0.2) is 0 Å². The van der Waals surface area contributed by atoms with Gasteiger partial charge in [-0.25, -0.2) is 9.78 Å². The fraction of sp³-hybridized carbons (Fsp3) is 0.267. The van der Waals surface area contributed by atoms with Crippen molar-refractivity contribution in [2.45, 2.75) is 18.7 Å². The molecule has 1 atom stereocenters. The quantitative estimate of drug-likeness (QED) is 0.773. The fourth-order valence-electron chi connectivity index (χ4n) is 1.80. The van der Waals surface area contributed by atoms with Gasteiger partial charge < -0.3 is 14.5 Å². The topological polar surface area (TPSA) is 88.1 Å². The highest BCUT2D eigenvalue weighted by atomic mass is 35.5. The van der Waals surface area contributed by atoms with Crippen molar-refractivity contribution in [3.8, 4) is 6.07 Å². The molecule has 0 saturated carbocycles. The summed E-state index contributed by atoms with van der Waals surface area (Å²) in [7, 11) is 0. The van der Waals surface area contributed by atoms with E-state index in [2.05, 4.69) is 10.3 Å². The first-order chi connectivity index (χ1) is 11.8. The van der Waals surface area contributed by atoms with Crippen LogP contribution >= 0.6 is 11.6 Å². The molecule has 1 N–H and O–H groups in total. The van der Waals surface area contributed by atoms with Gasteiger partial charge in [0.2, 0.25) is 5.76 Å². The summed E-state index contributed by atoms with van der Waals surface area (Å²) >= 11 is 5.77. The normalized spacial score (nSPS) is 12.3. The van der Waals surface area contributed by atoms with Gasteiger partial charge in [0, 0.05) is 6.20 Å². The summed E-state index contributed by atoms with van der Waals surface area (Å²) in [4.78, 5) is 15.4. The van der Waals surface area contributed by atoms with E-state index in [1.807, 2.05) is 6.07 Å². The van der Waals surface area contributed by atoms with E-state index in [4.69, 9.17) is 26.0 Å². The van der Waals surface area contributed by atoms with Gasteiger partial charge in [-0.15, -0.1) is 0 Å². The first kappa shape index (κ1) is 18.6. The monoisotopic (exact) mass is 373 g/mol. The Kier molecular flexibility index (Phi) is 5.88. The maximum absolute atomic E-state index is 12.6. The molecular formula is C15H11ClF3N3O3. The van der Waals surface area contributed by atoms with Crippen molar-refractivity contribution in [1.29, 1.82) is 5.26 Å². The average Bonchev–Trinajstić information content (AvgIpc) is 3.07. The number of hydrogen-bond donors (Lipinski definition) is 1. The molecule has 0 aliphatic rings. The van der Waals surface area contributed by atoms with Gasteiger partial charge in [0.05, 0.1) is 35.9 Å². The van der Waals surface area contributed by atoms with Crippen molar-refractivity contribution in [3.05, 3.63) is 47.0 Å². The molecule has 2 rings (SSSR count). The number of alkyl halides is 3. The number of aromatic nitrogens is 1. The minimum absolute atomic E-state index is 0.0216. The molecular weight excluding hydrogens is 363 g/mol. The van der Waals surface area contributed by atoms with Crippen LogP contribution < -0.4 is 5.32 Å². The third kappa shape index (κ3) is 5.12. The van der Waals surface area contributed by atoms with Crippen molar-refractivity contribution in [2.24, 2.45) is 0 Å². The molecule has 0 saturated heterocycles. The molecule has 10 heteroatoms. The number of hydrogen-bond acceptors (Lipinski definition) is 6. The second-order valence-corrected chi connectivity index (χ2v) is 5.21. The van der Waals surface area contributed by atoms with Crippen molar-refractivity contribution < 1.29 is 27.1 Å². The van der Waals surface area contributed by atoms with E-state index in [1.165, 1.54) is 18.4 Å². The number of furan rings is 1. The average molecular weight is 374 g/mol. The maximum Gasteiger partial charge on any atom is 0.417 e. The summed E-state index contributed by atoms with van der Waals surface area (Å²) in [6, 6.07) is 5.47. The van der Waals surface area contributed by atoms with Gasteiger partial charge in [-0.1, -0.05) is 11.6 Å². The van der Waals surface area contributed by atoms with Crippen molar-refractivity contribution in [1.82, 2.24) is 4.98 Å². The molecule has 2 aromatic heterocycles. The molecule has 0 aliphatic carbocycles. The van der Waals surface area contributed by atoms with Crippen LogP contribution in [0.25, 0.3) is 0 Å². The predicted molar refractivity (Wildman–Crippen MR) is 80.9 cm³/mol. The Balaban J connectivity index is 2.01. The van der Waals surface area contributed by atoms with Gasteiger partial charge in [-0.05, 0) is 18.2 Å². The zero-order chi connectivity index (χ0) is 18.4. The minimum atomic E-state index is -4.56. The number of anilines is 1. The van der Waals surface area contributed by atoms with Gasteiger partial charge >= 0.3 is 12.1 Å². The molecule has 1 unspecified atom stereocenters. The van der Waals surface area contributed by atoms with Gasteiger partial charge in [0.1, 0.15) is 11.9 Å². The lowest BCUT2D eigenvalue weighted by Crippen LogP contribution is -2.26. The molecule has 0 amide bonds. The number of halogens is 4. The molecule has 6 nitrogen and oxygen atoms in total. The lowest BCUT2D eigenvalue weighted by Gasteiger charge is -2.16. The molecule has 132 valence electrons. The number of esters is 1. The van der Waals surface area contributed by atoms with E-state index in [-0.39, 0.29) is 29.6 Å². The fourth-order valence-corrected chi connectivity index (χ4v) is 2.03. The number of carbonyl (C=O) groups is 1. The second-order valence-electron chi connectivity index (χ2n) is 4.80. The highest BCUT2D eigenvalue weighted by Gasteiger charge is 2.31. The number of nitrogens with one attached hydrogen (secondary N) is 1. The lowest BCUT2D eigenvalue weighted by atomic mass is 10.2. The predicted octanol–water partition coefficient (Wildman–Crippen LogP) is 3.90. The standard InChI is InChI=1S/C15H11ClF3N3O3/c16-11-6-9(15(17,18)19)7-21-13(11)22-8-10(3-4-20)25-14(23)12-2-1-5-24-12/h1-2,5-7,10H,3,8H2,(H,21,22). The summed E-state index contributed by atoms with van der Waals surface area (Å²) in [5.74, 6) is -0.821. The molecule has 0 spiro atoms. The molecule has 0 aromatic carbocycles. The van der Waals surface area contributed by atoms with E-state index >= 15 is 0 Å². The number of nitrogens with zero attached hydrogens (tertiary/aromatic N) is 2. The van der Waals surface area contributed by atoms with Crippen LogP contribution in [0.5, 0.6) is 0 Å². The zero-order valence-corrected chi connectivity index (χ0v) is 13.3. The number of rotatable bonds is 6. The minimum Gasteiger partial charge on any atom is -0.457 e. The van der Waals surface area contributed by atoms with Crippen molar-refractivity contribution in [2.75, 3.05) is 11.9 Å². The van der Waals surface area contributed by atoms with Gasteiger partial charge in [-0.2, -0.15) is 18.4 Å². The third-order valence-electron chi connectivity index (χ3n) is 2.98. The van der Waals surface area contributed by atoms with Crippen molar-refractivity contribution >= 4 is 23.4 Å². The Bertz CT molecular complexity index is 773. The van der Waals surface area contributed by atoms with E-state index < -0.39 is 23.8 Å². The number of carbonyl (C=O) groups excluding carboxylic acids is 1. The largest absolute Gasteiger partial charge is 0.457 e. The number of nitriles is 1. The van der Waals surface area contributed by atoms with E-state index in [9.17, 15) is 18.0 Å². The van der Waals surface area contributed by atoms with Crippen LogP contribution in [0.15, 0.2) is 35.1 Å². The molecule has 0 fully saturated rings. The first-order valence-corrected chi connectivity index (χ1v) is 7.27. The smallest absolute Gasteiger partial charge is 0.417 e. The van der Waals surface area contributed by atoms with Crippen LogP contribution in [0.2, 0.25) is 5.02 Å². The molecule has 25 heavy (non-hydrogen) atoms. The molecule has 2 aromatic rings. The summed E-state index contributed by atoms with van der Waals surface area (Å²) in [5.41, 5.74) is -0.985. The number of ether oxygens (including phenoxy) is 1. The summed E-state index contributed by atoms with van der Waals surface area (Å²) < 4.78 is 47.7. The molecule has 0 radical (unpaired) electrons. The molecule has 0 aliphatic heterocycles. The zero-order valence-electron chi connectivity index (χ0n) is 12.5. The summed E-state index contributed by atoms with van der Waals surface area (Å²) in [6.07, 6.45) is -3.65. The van der Waals surface area contributed by atoms with Crippen molar-refractivity contribution in [3.63, 3.8) is 0 Å². The van der Waals surface area contributed by atoms with Crippen LogP contribution in [0, 0.1) is 11.3 Å². The Morgan fingerprint density at radius 1 is 1.52 bits per heavy atom. The highest BCUT2D eigenvalue weighted by molar-refractivity contribution is 6.32. The molecule has 2 heterocycles. The third-order valence-corrected chi connectivity index (χ3v) is 3.27. The second kappa shape index (κ2) is 7.90. The SMILES string of the molecule is N#CCC(CNc1ncc(C(F)(F)F)cc1Cl)OC(=O)c1ccco1. The first-order valence-electron chi connectivity index (χ1n) is 6.89. The highest BCUT2D eigenvalue weighted by Crippen LogP contribution is 2.32. The molecule has 0 bridgehead atoms. The Morgan fingerprint density at radius 2 is 2.28 bits per heavy atom. The van der Waals surface area contributed by atoms with Crippen LogP contribution in [0.1, 0.15) is 22.5 Å². The van der Waals surface area contributed by atoms with Crippen LogP contribution in [-0.4, -0.2) is 23.6 Å². The lowest BCUT2D eigenvalue weighted by molar-refractivity contribution is -0.137. The Labute approximate surface area is 145 Å².